The van der Waals surface area contributed by atoms with E-state index in [9.17, 15) is 0 Å². The van der Waals surface area contributed by atoms with Crippen LogP contribution in [0.4, 0.5) is 4.79 Å². The molecular formula is C38H42N2O5. The molecule has 0 bridgehead atoms. The molecule has 0 aliphatic carbocycles. The Morgan fingerprint density at radius 3 is 1.38 bits per heavy atom. The highest BCUT2D eigenvalue weighted by Gasteiger charge is 2.55. The van der Waals surface area contributed by atoms with Gasteiger partial charge in [-0.05, 0) is 61.1 Å². The molecule has 0 aromatic heterocycles. The van der Waals surface area contributed by atoms with Crippen molar-refractivity contribution in [3.8, 4) is 11.5 Å². The fraction of sp³-hybridized carbons (Fsp3) is 0.342. The number of para-hydroxylation sites is 2. The van der Waals surface area contributed by atoms with Crippen LogP contribution in [0.25, 0.3) is 0 Å². The zero-order chi connectivity index (χ0) is 31.4. The number of fused-ring (bicyclic) bond motifs is 1. The second-order valence-electron chi connectivity index (χ2n) is 12.2. The van der Waals surface area contributed by atoms with Gasteiger partial charge >= 0.3 is 6.03 Å². The summed E-state index contributed by atoms with van der Waals surface area (Å²) in [6.07, 6.45) is 0.282. The molecule has 234 valence electrons. The highest BCUT2D eigenvalue weighted by atomic mass is 16.8. The zero-order valence-corrected chi connectivity index (χ0v) is 26.5. The Labute approximate surface area is 266 Å². The van der Waals surface area contributed by atoms with E-state index in [1.807, 2.05) is 96.4 Å². The first kappa shape index (κ1) is 30.7. The Bertz CT molecular complexity index is 1460. The fourth-order valence-corrected chi connectivity index (χ4v) is 6.79. The molecule has 0 unspecified atom stereocenters. The number of benzene rings is 4. The van der Waals surface area contributed by atoms with E-state index >= 15 is 4.79 Å². The van der Waals surface area contributed by atoms with E-state index in [0.29, 0.717) is 25.9 Å². The van der Waals surface area contributed by atoms with Crippen molar-refractivity contribution < 1.29 is 23.7 Å². The lowest BCUT2D eigenvalue weighted by molar-refractivity contribution is -0.157. The normalized spacial score (nSPS) is 22.5. The third kappa shape index (κ3) is 6.70. The van der Waals surface area contributed by atoms with Crippen LogP contribution in [-0.4, -0.2) is 60.1 Å². The molecule has 4 aromatic rings. The number of methoxy groups -OCH3 is 2. The first-order valence-electron chi connectivity index (χ1n) is 15.6. The maximum atomic E-state index is 15.1. The molecule has 7 nitrogen and oxygen atoms in total. The number of carbonyl (C=O) groups is 1. The molecule has 2 heterocycles. The van der Waals surface area contributed by atoms with Crippen molar-refractivity contribution in [1.29, 1.82) is 0 Å². The molecule has 2 fully saturated rings. The van der Waals surface area contributed by atoms with Crippen molar-refractivity contribution >= 4 is 6.03 Å². The van der Waals surface area contributed by atoms with Crippen molar-refractivity contribution in [2.24, 2.45) is 0 Å². The molecule has 0 saturated carbocycles. The average molecular weight is 607 g/mol. The van der Waals surface area contributed by atoms with Crippen LogP contribution in [0.1, 0.15) is 36.1 Å². The van der Waals surface area contributed by atoms with E-state index < -0.39 is 18.0 Å². The van der Waals surface area contributed by atoms with Crippen LogP contribution >= 0.6 is 0 Å². The first-order valence-corrected chi connectivity index (χ1v) is 15.6. The van der Waals surface area contributed by atoms with Gasteiger partial charge in [0, 0.05) is 13.1 Å². The summed E-state index contributed by atoms with van der Waals surface area (Å²) in [5.74, 6) is 0.732. The Morgan fingerprint density at radius 1 is 0.600 bits per heavy atom. The van der Waals surface area contributed by atoms with E-state index in [-0.39, 0.29) is 18.1 Å². The predicted molar refractivity (Wildman–Crippen MR) is 174 cm³/mol. The van der Waals surface area contributed by atoms with E-state index in [2.05, 4.69) is 36.4 Å². The maximum absolute atomic E-state index is 15.1. The Hall–Kier alpha value is -4.33. The minimum atomic E-state index is -0.843. The Balaban J connectivity index is 1.51. The molecule has 0 spiro atoms. The van der Waals surface area contributed by atoms with Gasteiger partial charge in [0.1, 0.15) is 23.7 Å². The molecule has 4 atom stereocenters. The maximum Gasteiger partial charge on any atom is 0.321 e. The van der Waals surface area contributed by atoms with Gasteiger partial charge in [-0.25, -0.2) is 4.79 Å². The third-order valence-electron chi connectivity index (χ3n) is 8.85. The third-order valence-corrected chi connectivity index (χ3v) is 8.85. The number of nitrogens with zero attached hydrogens (tertiary/aromatic N) is 2. The van der Waals surface area contributed by atoms with E-state index in [4.69, 9.17) is 18.9 Å². The van der Waals surface area contributed by atoms with E-state index in [1.165, 1.54) is 0 Å². The molecule has 2 saturated heterocycles. The van der Waals surface area contributed by atoms with Crippen LogP contribution in [0.5, 0.6) is 11.5 Å². The van der Waals surface area contributed by atoms with Crippen LogP contribution < -0.4 is 9.47 Å². The van der Waals surface area contributed by atoms with Gasteiger partial charge < -0.3 is 28.7 Å². The number of ether oxygens (including phenoxy) is 4. The SMILES string of the molecule is COc1ccccc1C[C@@H]1[C@@H]2OC(C)(C)O[C@H]2[C@@H](Cc2ccccc2OC)N(Cc2ccccc2)C(=O)N1Cc1ccccc1. The summed E-state index contributed by atoms with van der Waals surface area (Å²) in [6.45, 7) is 4.79. The quantitative estimate of drug-likeness (QED) is 0.197. The lowest BCUT2D eigenvalue weighted by Crippen LogP contribution is -2.51. The molecule has 2 aliphatic heterocycles. The van der Waals surface area contributed by atoms with Gasteiger partial charge in [-0.2, -0.15) is 0 Å². The monoisotopic (exact) mass is 606 g/mol. The number of amides is 2. The van der Waals surface area contributed by atoms with Gasteiger partial charge in [0.15, 0.2) is 5.79 Å². The molecular weight excluding hydrogens is 564 g/mol. The highest BCUT2D eigenvalue weighted by Crippen LogP contribution is 2.41. The lowest BCUT2D eigenvalue weighted by Gasteiger charge is -2.37. The van der Waals surface area contributed by atoms with Gasteiger partial charge in [-0.1, -0.05) is 97.1 Å². The Kier molecular flexibility index (Phi) is 9.10. The summed E-state index contributed by atoms with van der Waals surface area (Å²) < 4.78 is 25.2. The minimum absolute atomic E-state index is 0.0538. The summed E-state index contributed by atoms with van der Waals surface area (Å²) in [7, 11) is 3.37. The van der Waals surface area contributed by atoms with E-state index in [0.717, 1.165) is 33.8 Å². The van der Waals surface area contributed by atoms with Crippen molar-refractivity contribution in [3.63, 3.8) is 0 Å². The molecule has 45 heavy (non-hydrogen) atoms. The number of urea groups is 1. The number of hydrogen-bond donors (Lipinski definition) is 0. The van der Waals surface area contributed by atoms with Crippen molar-refractivity contribution in [1.82, 2.24) is 9.80 Å². The first-order chi connectivity index (χ1) is 21.9. The summed E-state index contributed by atoms with van der Waals surface area (Å²) >= 11 is 0. The van der Waals surface area contributed by atoms with Crippen LogP contribution in [0.2, 0.25) is 0 Å². The average Bonchev–Trinajstić information content (AvgIpc) is 3.36. The molecule has 4 aromatic carbocycles. The lowest BCUT2D eigenvalue weighted by atomic mass is 9.90. The van der Waals surface area contributed by atoms with Gasteiger partial charge in [0.25, 0.3) is 0 Å². The predicted octanol–water partition coefficient (Wildman–Crippen LogP) is 6.88. The molecule has 0 N–H and O–H groups in total. The minimum Gasteiger partial charge on any atom is -0.496 e. The standard InChI is InChI=1S/C38H42N2O5/c1-38(2)44-35-31(23-29-19-11-13-21-33(29)42-3)39(25-27-15-7-5-8-16-27)37(41)40(26-28-17-9-6-10-18-28)32(36(35)45-38)24-30-20-12-14-22-34(30)43-4/h5-22,31-32,35-36H,23-26H2,1-4H3/t31-,32-,35+,36+/m1/s1. The van der Waals surface area contributed by atoms with Crippen molar-refractivity contribution in [3.05, 3.63) is 131 Å². The molecule has 2 aliphatic rings. The van der Waals surface area contributed by atoms with Crippen LogP contribution in [-0.2, 0) is 35.4 Å². The molecule has 6 rings (SSSR count). The molecule has 7 heteroatoms. The largest absolute Gasteiger partial charge is 0.496 e. The summed E-state index contributed by atoms with van der Waals surface area (Å²) in [4.78, 5) is 19.1. The number of rotatable bonds is 10. The van der Waals surface area contributed by atoms with Gasteiger partial charge in [-0.3, -0.25) is 0 Å². The van der Waals surface area contributed by atoms with Crippen LogP contribution in [0.3, 0.4) is 0 Å². The summed E-state index contributed by atoms with van der Waals surface area (Å²) in [6, 6.07) is 35.6. The second kappa shape index (κ2) is 13.3. The molecule has 0 radical (unpaired) electrons. The van der Waals surface area contributed by atoms with Gasteiger partial charge in [0.2, 0.25) is 0 Å². The summed E-state index contributed by atoms with van der Waals surface area (Å²) in [5, 5.41) is 0. The van der Waals surface area contributed by atoms with Crippen molar-refractivity contribution in [2.75, 3.05) is 14.2 Å². The van der Waals surface area contributed by atoms with Gasteiger partial charge in [-0.15, -0.1) is 0 Å². The fourth-order valence-electron chi connectivity index (χ4n) is 6.79. The zero-order valence-electron chi connectivity index (χ0n) is 26.5. The molecule has 2 amide bonds. The van der Waals surface area contributed by atoms with Crippen LogP contribution in [0.15, 0.2) is 109 Å². The van der Waals surface area contributed by atoms with Crippen molar-refractivity contribution in [2.45, 2.75) is 69.9 Å². The smallest absolute Gasteiger partial charge is 0.321 e. The van der Waals surface area contributed by atoms with Crippen LogP contribution in [0, 0.1) is 0 Å². The Morgan fingerprint density at radius 2 is 0.978 bits per heavy atom. The second-order valence-corrected chi connectivity index (χ2v) is 12.2. The highest BCUT2D eigenvalue weighted by molar-refractivity contribution is 5.76. The van der Waals surface area contributed by atoms with E-state index in [1.54, 1.807) is 14.2 Å². The summed E-state index contributed by atoms with van der Waals surface area (Å²) in [5.41, 5.74) is 4.13. The number of hydrogen-bond acceptors (Lipinski definition) is 5. The topological polar surface area (TPSA) is 60.5 Å². The van der Waals surface area contributed by atoms with Gasteiger partial charge in [0.05, 0.1) is 26.3 Å². The number of carbonyl (C=O) groups excluding carboxylic acids is 1.